The van der Waals surface area contributed by atoms with Gasteiger partial charge in [0, 0.05) is 4.57 Å². The third-order valence-electron chi connectivity index (χ3n) is 2.05. The second-order valence-electron chi connectivity index (χ2n) is 3.24. The van der Waals surface area contributed by atoms with Gasteiger partial charge < -0.3 is 0 Å². The highest BCUT2D eigenvalue weighted by atomic mass is 31.1. The largest absolute Gasteiger partial charge is 0.746 e. The molecule has 18 heavy (non-hydrogen) atoms. The van der Waals surface area contributed by atoms with Gasteiger partial charge in [0.05, 0.1) is 0 Å². The van der Waals surface area contributed by atoms with Crippen molar-refractivity contribution in [2.45, 2.75) is 0 Å². The van der Waals surface area contributed by atoms with E-state index in [1.165, 1.54) is 11.1 Å². The molecule has 1 atom stereocenters. The van der Waals surface area contributed by atoms with Gasteiger partial charge in [0.15, 0.2) is 0 Å². The van der Waals surface area contributed by atoms with E-state index in [0.29, 0.717) is 0 Å². The van der Waals surface area contributed by atoms with E-state index in [4.69, 9.17) is 4.89 Å². The van der Waals surface area contributed by atoms with Gasteiger partial charge in [-0.3, -0.25) is 0 Å². The lowest BCUT2D eigenvalue weighted by atomic mass is 10.1. The van der Waals surface area contributed by atoms with Crippen molar-refractivity contribution in [1.82, 2.24) is 0 Å². The summed E-state index contributed by atoms with van der Waals surface area (Å²) >= 11 is 0. The molecule has 0 aromatic heterocycles. The molecule has 92 valence electrons. The predicted octanol–water partition coefficient (Wildman–Crippen LogP) is 4.15. The van der Waals surface area contributed by atoms with Crippen molar-refractivity contribution in [3.05, 3.63) is 73.5 Å². The van der Waals surface area contributed by atoms with Crippen molar-refractivity contribution in [3.63, 3.8) is 0 Å². The van der Waals surface area contributed by atoms with E-state index in [2.05, 4.69) is 59.6 Å². The first-order valence-electron chi connectivity index (χ1n) is 5.28. The van der Waals surface area contributed by atoms with E-state index in [-0.39, 0.29) is 0 Å². The van der Waals surface area contributed by atoms with Gasteiger partial charge in [0.25, 0.3) is 0 Å². The summed E-state index contributed by atoms with van der Waals surface area (Å²) in [6, 6.07) is 20.8. The van der Waals surface area contributed by atoms with E-state index >= 15 is 0 Å². The van der Waals surface area contributed by atoms with Crippen molar-refractivity contribution >= 4 is 8.25 Å². The molecule has 2 rings (SSSR count). The number of hydrogen-bond acceptors (Lipinski definition) is 2. The molecule has 0 aliphatic carbocycles. The van der Waals surface area contributed by atoms with Crippen LogP contribution in [0.25, 0.3) is 11.1 Å². The Bertz CT molecular complexity index is 445. The normalized spacial score (nSPS) is 9.72. The fourth-order valence-electron chi connectivity index (χ4n) is 1.32. The van der Waals surface area contributed by atoms with Gasteiger partial charge in [-0.05, 0) is 11.1 Å². The van der Waals surface area contributed by atoms with Crippen LogP contribution in [0.1, 0.15) is 0 Å². The molecule has 0 spiro atoms. The molecule has 0 radical (unpaired) electrons. The molecule has 0 aliphatic rings. The first-order valence-corrected chi connectivity index (χ1v) is 6.41. The Balaban J connectivity index is 0.000000232. The molecule has 2 aromatic carbocycles. The molecule has 3 nitrogen and oxygen atoms in total. The minimum Gasteiger partial charge on any atom is -0.238 e. The summed E-state index contributed by atoms with van der Waals surface area (Å²) in [7, 11) is -2.47. The fourth-order valence-corrected chi connectivity index (χ4v) is 1.45. The van der Waals surface area contributed by atoms with Crippen LogP contribution in [0.4, 0.5) is 0 Å². The summed E-state index contributed by atoms with van der Waals surface area (Å²) in [4.78, 5) is 7.77. The molecule has 0 aliphatic heterocycles. The van der Waals surface area contributed by atoms with Crippen LogP contribution < -0.4 is 0 Å². The molecular weight excluding hydrogens is 247 g/mol. The van der Waals surface area contributed by atoms with Gasteiger partial charge in [0.2, 0.25) is 0 Å². The number of rotatable bonds is 3. The fraction of sp³-hybridized carbons (Fsp3) is 0. The zero-order valence-corrected chi connectivity index (χ0v) is 10.7. The minimum atomic E-state index is -2.47. The molecule has 1 N–H and O–H groups in total. The van der Waals surface area contributed by atoms with Gasteiger partial charge in [-0.25, -0.2) is 4.52 Å². The zero-order valence-electron chi connectivity index (χ0n) is 9.77. The summed E-state index contributed by atoms with van der Waals surface area (Å²) in [5.41, 5.74) is 2.55. The van der Waals surface area contributed by atoms with Crippen LogP contribution >= 0.6 is 8.25 Å². The van der Waals surface area contributed by atoms with Gasteiger partial charge in [-0.2, -0.15) is 0 Å². The molecular formula is C14H14O3P+. The van der Waals surface area contributed by atoms with Crippen LogP contribution in [0.2, 0.25) is 0 Å². The van der Waals surface area contributed by atoms with Crippen molar-refractivity contribution in [2.75, 3.05) is 0 Å². The van der Waals surface area contributed by atoms with Crippen LogP contribution in [0, 0.1) is 0 Å². The molecule has 2 aromatic rings. The maximum atomic E-state index is 9.45. The van der Waals surface area contributed by atoms with Crippen molar-refractivity contribution in [2.24, 2.45) is 0 Å². The SMILES string of the molecule is C=CO[P+](=O)O.c1ccc(-c2ccccc2)cc1. The van der Waals surface area contributed by atoms with E-state index in [0.717, 1.165) is 6.26 Å². The topological polar surface area (TPSA) is 46.5 Å². The van der Waals surface area contributed by atoms with Crippen LogP contribution in [0.3, 0.4) is 0 Å². The highest BCUT2D eigenvalue weighted by Crippen LogP contribution is 2.17. The lowest BCUT2D eigenvalue weighted by Crippen LogP contribution is -1.73. The standard InChI is InChI=1S/C12H10.C2H3O3P/c1-3-7-11(8-4-1)12-9-5-2-6-10-12;1-2-5-6(3)4/h1-10H;2H,1H2/p+1. The van der Waals surface area contributed by atoms with Crippen LogP contribution in [-0.2, 0) is 9.09 Å². The lowest BCUT2D eigenvalue weighted by Gasteiger charge is -1.98. The molecule has 0 saturated heterocycles. The summed E-state index contributed by atoms with van der Waals surface area (Å²) < 4.78 is 13.3. The second-order valence-corrected chi connectivity index (χ2v) is 3.93. The summed E-state index contributed by atoms with van der Waals surface area (Å²) in [5.74, 6) is 0. The third kappa shape index (κ3) is 5.39. The third-order valence-corrected chi connectivity index (χ3v) is 2.38. The average Bonchev–Trinajstić information content (AvgIpc) is 2.41. The van der Waals surface area contributed by atoms with Gasteiger partial charge in [-0.1, -0.05) is 67.2 Å². The molecule has 0 heterocycles. The van der Waals surface area contributed by atoms with Crippen LogP contribution in [-0.4, -0.2) is 4.89 Å². The van der Waals surface area contributed by atoms with Gasteiger partial charge >= 0.3 is 8.25 Å². The molecule has 1 unspecified atom stereocenters. The monoisotopic (exact) mass is 261 g/mol. The second kappa shape index (κ2) is 8.18. The molecule has 0 fully saturated rings. The number of benzene rings is 2. The highest BCUT2D eigenvalue weighted by molar-refractivity contribution is 7.32. The Kier molecular flexibility index (Phi) is 6.41. The Morgan fingerprint density at radius 2 is 1.33 bits per heavy atom. The maximum absolute atomic E-state index is 9.45. The van der Waals surface area contributed by atoms with Crippen LogP contribution in [0.5, 0.6) is 0 Å². The summed E-state index contributed by atoms with van der Waals surface area (Å²) in [5, 5.41) is 0. The number of hydrogen-bond donors (Lipinski definition) is 1. The smallest absolute Gasteiger partial charge is 0.238 e. The zero-order chi connectivity index (χ0) is 13.2. The molecule has 0 bridgehead atoms. The summed E-state index contributed by atoms with van der Waals surface area (Å²) in [6.07, 6.45) is 0.915. The first kappa shape index (κ1) is 14.1. The van der Waals surface area contributed by atoms with Crippen molar-refractivity contribution in [3.8, 4) is 11.1 Å². The Morgan fingerprint density at radius 3 is 1.56 bits per heavy atom. The van der Waals surface area contributed by atoms with E-state index in [1.54, 1.807) is 0 Å². The minimum absolute atomic E-state index is 0.915. The Hall–Kier alpha value is -1.96. The quantitative estimate of drug-likeness (QED) is 0.666. The average molecular weight is 261 g/mol. The van der Waals surface area contributed by atoms with Crippen LogP contribution in [0.15, 0.2) is 73.5 Å². The predicted molar refractivity (Wildman–Crippen MR) is 73.0 cm³/mol. The van der Waals surface area contributed by atoms with E-state index in [9.17, 15) is 4.57 Å². The highest BCUT2D eigenvalue weighted by Gasteiger charge is 2.05. The molecule has 0 saturated carbocycles. The molecule has 0 amide bonds. The lowest BCUT2D eigenvalue weighted by molar-refractivity contribution is 0.379. The van der Waals surface area contributed by atoms with Gasteiger partial charge in [0.1, 0.15) is 6.26 Å². The first-order chi connectivity index (χ1) is 8.74. The Morgan fingerprint density at radius 1 is 0.944 bits per heavy atom. The van der Waals surface area contributed by atoms with Gasteiger partial charge in [-0.15, -0.1) is 4.89 Å². The van der Waals surface area contributed by atoms with Crippen molar-refractivity contribution < 1.29 is 14.0 Å². The van der Waals surface area contributed by atoms with Crippen molar-refractivity contribution in [1.29, 1.82) is 0 Å². The van der Waals surface area contributed by atoms with E-state index in [1.807, 2.05) is 12.1 Å². The van der Waals surface area contributed by atoms with E-state index < -0.39 is 8.25 Å². The summed E-state index contributed by atoms with van der Waals surface area (Å²) in [6.45, 7) is 3.03. The maximum Gasteiger partial charge on any atom is 0.746 e. The Labute approximate surface area is 107 Å². The molecule has 4 heteroatoms.